The molecule has 0 amide bonds. The van der Waals surface area contributed by atoms with Crippen molar-refractivity contribution < 1.29 is 22.0 Å². The first-order chi connectivity index (χ1) is 14.1. The highest BCUT2D eigenvalue weighted by molar-refractivity contribution is 5.76. The van der Waals surface area contributed by atoms with Gasteiger partial charge in [-0.05, 0) is 7.05 Å². The molecule has 0 saturated heterocycles. The molecule has 4 aromatic heterocycles. The van der Waals surface area contributed by atoms with E-state index in [2.05, 4.69) is 35.1 Å². The minimum absolute atomic E-state index is 0.0335. The van der Waals surface area contributed by atoms with Crippen molar-refractivity contribution in [2.75, 3.05) is 13.6 Å². The molecule has 4 aromatic rings. The van der Waals surface area contributed by atoms with Crippen molar-refractivity contribution in [1.82, 2.24) is 44.4 Å². The summed E-state index contributed by atoms with van der Waals surface area (Å²) in [5.74, 6) is -4.95. The van der Waals surface area contributed by atoms with E-state index in [1.54, 1.807) is 7.05 Å². The number of fused-ring (bicyclic) bond motifs is 2. The number of likely N-dealkylation sites (N-methyl/N-ethyl adjacent to an activating group) is 1. The Morgan fingerprint density at radius 2 is 1.97 bits per heavy atom. The van der Waals surface area contributed by atoms with Gasteiger partial charge >= 0.3 is 12.1 Å². The molecule has 9 nitrogen and oxygen atoms in total. The van der Waals surface area contributed by atoms with Gasteiger partial charge in [0.25, 0.3) is 5.82 Å². The molecule has 0 bridgehead atoms. The van der Waals surface area contributed by atoms with Crippen LogP contribution in [0.2, 0.25) is 0 Å². The molecule has 5 heterocycles. The predicted octanol–water partition coefficient (Wildman–Crippen LogP) is 2.46. The van der Waals surface area contributed by atoms with E-state index in [1.807, 2.05) is 0 Å². The van der Waals surface area contributed by atoms with Crippen molar-refractivity contribution in [2.24, 2.45) is 0 Å². The lowest BCUT2D eigenvalue weighted by atomic mass is 10.0. The van der Waals surface area contributed by atoms with Crippen LogP contribution in [0.15, 0.2) is 18.7 Å². The number of halogens is 5. The molecule has 0 spiro atoms. The third-order valence-corrected chi connectivity index (χ3v) is 4.67. The number of hydrogen-bond acceptors (Lipinski definition) is 6. The van der Waals surface area contributed by atoms with Crippen molar-refractivity contribution in [1.29, 1.82) is 0 Å². The minimum Gasteiger partial charge on any atom is -0.343 e. The zero-order valence-corrected chi connectivity index (χ0v) is 15.2. The number of H-pyrrole nitrogens is 2. The van der Waals surface area contributed by atoms with E-state index in [9.17, 15) is 22.0 Å². The first-order valence-corrected chi connectivity index (χ1v) is 8.61. The molecule has 5 rings (SSSR count). The van der Waals surface area contributed by atoms with Crippen LogP contribution in [0.3, 0.4) is 0 Å². The van der Waals surface area contributed by atoms with Gasteiger partial charge in [0.05, 0.1) is 24.8 Å². The van der Waals surface area contributed by atoms with E-state index in [0.29, 0.717) is 5.69 Å². The third-order valence-electron chi connectivity index (χ3n) is 4.67. The van der Waals surface area contributed by atoms with E-state index in [1.165, 1.54) is 28.0 Å². The van der Waals surface area contributed by atoms with Crippen molar-refractivity contribution in [3.05, 3.63) is 35.8 Å². The molecule has 156 valence electrons. The van der Waals surface area contributed by atoms with E-state index in [-0.39, 0.29) is 35.1 Å². The highest BCUT2D eigenvalue weighted by Crippen LogP contribution is 2.37. The van der Waals surface area contributed by atoms with Gasteiger partial charge in [0, 0.05) is 18.3 Å². The summed E-state index contributed by atoms with van der Waals surface area (Å²) >= 11 is 0. The van der Waals surface area contributed by atoms with Crippen LogP contribution < -0.4 is 0 Å². The summed E-state index contributed by atoms with van der Waals surface area (Å²) < 4.78 is 69.2. The van der Waals surface area contributed by atoms with Gasteiger partial charge in [-0.3, -0.25) is 14.4 Å². The number of nitrogens with zero attached hydrogens (tertiary/aromatic N) is 7. The lowest BCUT2D eigenvalue weighted by Crippen LogP contribution is -2.39. The van der Waals surface area contributed by atoms with E-state index >= 15 is 0 Å². The quantitative estimate of drug-likeness (QED) is 0.479. The maximum Gasteiger partial charge on any atom is 0.453 e. The highest BCUT2D eigenvalue weighted by atomic mass is 19.4. The maximum atomic E-state index is 14.5. The zero-order valence-electron chi connectivity index (χ0n) is 15.2. The molecule has 0 aliphatic carbocycles. The Hall–Kier alpha value is -3.42. The largest absolute Gasteiger partial charge is 0.453 e. The summed E-state index contributed by atoms with van der Waals surface area (Å²) in [5, 5.41) is 5.39. The van der Waals surface area contributed by atoms with Gasteiger partial charge in [0.15, 0.2) is 5.82 Å². The summed E-state index contributed by atoms with van der Waals surface area (Å²) in [6.07, 6.45) is -0.511. The number of aromatic nitrogens is 8. The van der Waals surface area contributed by atoms with Crippen molar-refractivity contribution in [3.8, 4) is 22.9 Å². The van der Waals surface area contributed by atoms with Gasteiger partial charge in [-0.25, -0.2) is 19.9 Å². The van der Waals surface area contributed by atoms with Gasteiger partial charge in [-0.1, -0.05) is 0 Å². The second-order valence-electron chi connectivity index (χ2n) is 6.94. The highest BCUT2D eigenvalue weighted by Gasteiger charge is 2.42. The average Bonchev–Trinajstić information content (AvgIpc) is 3.37. The molecule has 2 N–H and O–H groups in total. The number of nitrogens with one attached hydrogen (secondary N) is 2. The molecule has 1 aliphatic heterocycles. The van der Waals surface area contributed by atoms with Gasteiger partial charge < -0.3 is 4.98 Å². The molecular weight excluding hydrogens is 413 g/mol. The molecule has 30 heavy (non-hydrogen) atoms. The fourth-order valence-corrected chi connectivity index (χ4v) is 3.51. The molecule has 1 aliphatic rings. The Balaban J connectivity index is 1.77. The number of aromatic amines is 2. The van der Waals surface area contributed by atoms with Gasteiger partial charge in [-0.15, -0.1) is 5.10 Å². The predicted molar refractivity (Wildman–Crippen MR) is 91.2 cm³/mol. The molecule has 14 heteroatoms. The first-order valence-electron chi connectivity index (χ1n) is 8.61. The second-order valence-corrected chi connectivity index (χ2v) is 6.94. The van der Waals surface area contributed by atoms with Gasteiger partial charge in [0.1, 0.15) is 17.1 Å². The molecule has 0 unspecified atom stereocenters. The monoisotopic (exact) mass is 425 g/mol. The molecule has 0 radical (unpaired) electrons. The maximum absolute atomic E-state index is 14.5. The second kappa shape index (κ2) is 6.04. The first kappa shape index (κ1) is 18.6. The van der Waals surface area contributed by atoms with Crippen molar-refractivity contribution in [2.45, 2.75) is 18.6 Å². The average molecular weight is 425 g/mol. The number of hydrogen-bond donors (Lipinski definition) is 2. The van der Waals surface area contributed by atoms with Crippen LogP contribution in [-0.2, 0) is 18.6 Å². The van der Waals surface area contributed by atoms with E-state index in [4.69, 9.17) is 0 Å². The summed E-state index contributed by atoms with van der Waals surface area (Å²) in [7, 11) is 1.56. The smallest absolute Gasteiger partial charge is 0.343 e. The summed E-state index contributed by atoms with van der Waals surface area (Å²) in [5.41, 5.74) is 0.488. The third kappa shape index (κ3) is 2.82. The molecule has 0 aromatic carbocycles. The minimum atomic E-state index is -4.76. The fourth-order valence-electron chi connectivity index (χ4n) is 3.51. The summed E-state index contributed by atoms with van der Waals surface area (Å²) in [6.45, 7) is -0.272. The van der Waals surface area contributed by atoms with Crippen LogP contribution in [0.4, 0.5) is 22.0 Å². The number of alkyl halides is 5. The van der Waals surface area contributed by atoms with Gasteiger partial charge in [-0.2, -0.15) is 22.0 Å². The Labute approximate surface area is 164 Å². The van der Waals surface area contributed by atoms with Crippen LogP contribution in [0.5, 0.6) is 0 Å². The Morgan fingerprint density at radius 1 is 1.17 bits per heavy atom. The summed E-state index contributed by atoms with van der Waals surface area (Å²) in [4.78, 5) is 19.9. The van der Waals surface area contributed by atoms with Crippen LogP contribution >= 0.6 is 0 Å². The Bertz CT molecular complexity index is 1240. The lowest BCUT2D eigenvalue weighted by Gasteiger charge is -2.30. The van der Waals surface area contributed by atoms with Crippen LogP contribution in [0.1, 0.15) is 17.1 Å². The topological polar surface area (TPSA) is 104 Å². The molecular formula is C16H12F5N9. The van der Waals surface area contributed by atoms with Crippen LogP contribution in [0.25, 0.3) is 28.7 Å². The Morgan fingerprint density at radius 3 is 2.63 bits per heavy atom. The lowest BCUT2D eigenvalue weighted by molar-refractivity contribution is -0.144. The molecule has 0 saturated carbocycles. The van der Waals surface area contributed by atoms with E-state index < -0.39 is 30.2 Å². The SMILES string of the molecule is CN1Cc2cn3c(-c4cnc[nH]4)c(-c4nc(C(F)(F)F)n[nH]4)nc3nc2C(F)(F)C1. The van der Waals surface area contributed by atoms with E-state index in [0.717, 1.165) is 0 Å². The normalized spacial score (nSPS) is 16.9. The van der Waals surface area contributed by atoms with Crippen molar-refractivity contribution >= 4 is 5.78 Å². The fraction of sp³-hybridized carbons (Fsp3) is 0.312. The Kier molecular flexibility index (Phi) is 3.75. The van der Waals surface area contributed by atoms with Crippen LogP contribution in [0, 0.1) is 0 Å². The van der Waals surface area contributed by atoms with Crippen LogP contribution in [-0.4, -0.2) is 58.0 Å². The standard InChI is InChI=1S/C16H12F5N9/c1-29-3-7-4-30-10(8-2-22-6-23-8)9(12-26-13(28-27-12)16(19,20)21)24-14(30)25-11(7)15(17,18)5-29/h2,4,6H,3,5H2,1H3,(H,22,23)(H,26,27,28). The summed E-state index contributed by atoms with van der Waals surface area (Å²) in [6, 6.07) is 0. The number of rotatable bonds is 2. The van der Waals surface area contributed by atoms with Gasteiger partial charge in [0.2, 0.25) is 5.78 Å². The zero-order chi connectivity index (χ0) is 21.3. The number of imidazole rings is 2. The van der Waals surface area contributed by atoms with Crippen molar-refractivity contribution in [3.63, 3.8) is 0 Å². The molecule has 0 fully saturated rings. The molecule has 0 atom stereocenters.